The van der Waals surface area contributed by atoms with Gasteiger partial charge >= 0.3 is 0 Å². The second-order valence-corrected chi connectivity index (χ2v) is 8.11. The monoisotopic (exact) mass is 429 g/mol. The zero-order valence-electron chi connectivity index (χ0n) is 17.2. The number of hydrogen-bond donors (Lipinski definition) is 1. The second kappa shape index (κ2) is 10.0. The van der Waals surface area contributed by atoms with Crippen molar-refractivity contribution in [2.45, 2.75) is 25.0 Å². The fraction of sp³-hybridized carbons (Fsp3) is 0.167. The first-order valence-electron chi connectivity index (χ1n) is 10.0. The molecule has 2 aromatic heterocycles. The van der Waals surface area contributed by atoms with Gasteiger partial charge in [0.1, 0.15) is 5.82 Å². The van der Waals surface area contributed by atoms with E-state index in [1.807, 2.05) is 66.1 Å². The Morgan fingerprint density at radius 1 is 0.903 bits per heavy atom. The van der Waals surface area contributed by atoms with Crippen molar-refractivity contribution in [2.24, 2.45) is 0 Å². The van der Waals surface area contributed by atoms with Gasteiger partial charge < -0.3 is 9.88 Å². The van der Waals surface area contributed by atoms with Gasteiger partial charge in [0.2, 0.25) is 5.91 Å². The van der Waals surface area contributed by atoms with Gasteiger partial charge in [-0.3, -0.25) is 9.78 Å². The topological polar surface area (TPSA) is 72.7 Å². The highest BCUT2D eigenvalue weighted by molar-refractivity contribution is 7.99. The summed E-state index contributed by atoms with van der Waals surface area (Å²) in [5, 5.41) is 12.1. The van der Waals surface area contributed by atoms with Gasteiger partial charge in [-0.25, -0.2) is 0 Å². The molecule has 4 rings (SSSR count). The SMILES string of the molecule is Cc1nnc(SCC(=O)Nc2ccc(Cc3ccncc3)cc2)n1Cc1ccccc1. The lowest BCUT2D eigenvalue weighted by atomic mass is 10.1. The quantitative estimate of drug-likeness (QED) is 0.422. The van der Waals surface area contributed by atoms with Crippen molar-refractivity contribution in [3.63, 3.8) is 0 Å². The zero-order chi connectivity index (χ0) is 21.5. The number of carbonyl (C=O) groups is 1. The number of pyridine rings is 1. The molecule has 0 spiro atoms. The largest absolute Gasteiger partial charge is 0.325 e. The highest BCUT2D eigenvalue weighted by Gasteiger charge is 2.12. The minimum absolute atomic E-state index is 0.0706. The first-order valence-corrected chi connectivity index (χ1v) is 11.0. The first-order chi connectivity index (χ1) is 15.2. The number of carbonyl (C=O) groups excluding carboxylic acids is 1. The van der Waals surface area contributed by atoms with Gasteiger partial charge in [-0.1, -0.05) is 54.2 Å². The molecule has 0 aliphatic rings. The number of benzene rings is 2. The summed E-state index contributed by atoms with van der Waals surface area (Å²) >= 11 is 1.39. The Hall–Kier alpha value is -3.45. The lowest BCUT2D eigenvalue weighted by Crippen LogP contribution is -2.15. The minimum Gasteiger partial charge on any atom is -0.325 e. The van der Waals surface area contributed by atoms with Crippen molar-refractivity contribution in [1.82, 2.24) is 19.7 Å². The van der Waals surface area contributed by atoms with Crippen molar-refractivity contribution in [3.05, 3.63) is 102 Å². The van der Waals surface area contributed by atoms with Crippen molar-refractivity contribution < 1.29 is 4.79 Å². The molecular weight excluding hydrogens is 406 g/mol. The molecule has 7 heteroatoms. The maximum absolute atomic E-state index is 12.4. The van der Waals surface area contributed by atoms with E-state index in [1.54, 1.807) is 12.4 Å². The molecule has 0 fully saturated rings. The molecule has 0 bridgehead atoms. The molecule has 1 amide bonds. The number of anilines is 1. The highest BCUT2D eigenvalue weighted by Crippen LogP contribution is 2.19. The van der Waals surface area contributed by atoms with Gasteiger partial charge in [0, 0.05) is 18.1 Å². The standard InChI is InChI=1S/C24H23N5OS/c1-18-27-28-24(29(18)16-21-5-3-2-4-6-21)31-17-23(30)26-22-9-7-19(8-10-22)15-20-11-13-25-14-12-20/h2-14H,15-17H2,1H3,(H,26,30). The summed E-state index contributed by atoms with van der Waals surface area (Å²) in [6.07, 6.45) is 4.43. The van der Waals surface area contributed by atoms with Crippen LogP contribution in [0.4, 0.5) is 5.69 Å². The fourth-order valence-corrected chi connectivity index (χ4v) is 3.97. The van der Waals surface area contributed by atoms with Crippen LogP contribution in [0.3, 0.4) is 0 Å². The third kappa shape index (κ3) is 5.79. The lowest BCUT2D eigenvalue weighted by molar-refractivity contribution is -0.113. The van der Waals surface area contributed by atoms with E-state index in [0.29, 0.717) is 6.54 Å². The third-order valence-corrected chi connectivity index (χ3v) is 5.78. The summed E-state index contributed by atoms with van der Waals surface area (Å²) in [7, 11) is 0. The molecule has 4 aromatic rings. The summed E-state index contributed by atoms with van der Waals surface area (Å²) in [5.74, 6) is 1.03. The van der Waals surface area contributed by atoms with Crippen molar-refractivity contribution in [3.8, 4) is 0 Å². The Morgan fingerprint density at radius 2 is 1.61 bits per heavy atom. The molecule has 156 valence electrons. The number of nitrogens with zero attached hydrogens (tertiary/aromatic N) is 4. The minimum atomic E-state index is -0.0706. The van der Waals surface area contributed by atoms with Crippen LogP contribution in [0.1, 0.15) is 22.5 Å². The third-order valence-electron chi connectivity index (χ3n) is 4.81. The fourth-order valence-electron chi connectivity index (χ4n) is 3.19. The van der Waals surface area contributed by atoms with Crippen LogP contribution in [-0.2, 0) is 17.8 Å². The van der Waals surface area contributed by atoms with E-state index in [9.17, 15) is 4.79 Å². The van der Waals surface area contributed by atoms with E-state index in [1.165, 1.54) is 28.5 Å². The van der Waals surface area contributed by atoms with Gasteiger partial charge in [0.25, 0.3) is 0 Å². The summed E-state index contributed by atoms with van der Waals surface area (Å²) in [6, 6.07) is 22.1. The Labute approximate surface area is 185 Å². The van der Waals surface area contributed by atoms with Crippen LogP contribution < -0.4 is 5.32 Å². The van der Waals surface area contributed by atoms with E-state index in [-0.39, 0.29) is 11.7 Å². The lowest BCUT2D eigenvalue weighted by Gasteiger charge is -2.09. The predicted molar refractivity (Wildman–Crippen MR) is 123 cm³/mol. The number of aryl methyl sites for hydroxylation is 1. The molecule has 0 atom stereocenters. The van der Waals surface area contributed by atoms with Crippen LogP contribution in [0.5, 0.6) is 0 Å². The molecular formula is C24H23N5OS. The normalized spacial score (nSPS) is 10.7. The van der Waals surface area contributed by atoms with E-state index in [4.69, 9.17) is 0 Å². The van der Waals surface area contributed by atoms with Crippen LogP contribution in [0.25, 0.3) is 0 Å². The summed E-state index contributed by atoms with van der Waals surface area (Å²) < 4.78 is 2.03. The van der Waals surface area contributed by atoms with E-state index < -0.39 is 0 Å². The van der Waals surface area contributed by atoms with Crippen molar-refractivity contribution in [2.75, 3.05) is 11.1 Å². The van der Waals surface area contributed by atoms with Crippen LogP contribution >= 0.6 is 11.8 Å². The molecule has 0 saturated heterocycles. The highest BCUT2D eigenvalue weighted by atomic mass is 32.2. The van der Waals surface area contributed by atoms with Crippen LogP contribution in [0, 0.1) is 6.92 Å². The Morgan fingerprint density at radius 3 is 2.35 bits per heavy atom. The average Bonchev–Trinajstić information content (AvgIpc) is 3.14. The van der Waals surface area contributed by atoms with E-state index >= 15 is 0 Å². The van der Waals surface area contributed by atoms with Gasteiger partial charge in [0.05, 0.1) is 12.3 Å². The van der Waals surface area contributed by atoms with Gasteiger partial charge in [-0.05, 0) is 54.3 Å². The molecule has 1 N–H and O–H groups in total. The van der Waals surface area contributed by atoms with Gasteiger partial charge in [-0.2, -0.15) is 0 Å². The smallest absolute Gasteiger partial charge is 0.234 e. The molecule has 0 aliphatic carbocycles. The number of hydrogen-bond acceptors (Lipinski definition) is 5. The maximum Gasteiger partial charge on any atom is 0.234 e. The van der Waals surface area contributed by atoms with E-state index in [2.05, 4.69) is 32.6 Å². The second-order valence-electron chi connectivity index (χ2n) is 7.17. The molecule has 0 radical (unpaired) electrons. The maximum atomic E-state index is 12.4. The number of amides is 1. The molecule has 0 saturated carbocycles. The number of aromatic nitrogens is 4. The number of thioether (sulfide) groups is 1. The number of nitrogens with one attached hydrogen (secondary N) is 1. The van der Waals surface area contributed by atoms with E-state index in [0.717, 1.165) is 23.1 Å². The predicted octanol–water partition coefficient (Wildman–Crippen LogP) is 4.35. The zero-order valence-corrected chi connectivity index (χ0v) is 18.0. The molecule has 0 aliphatic heterocycles. The van der Waals surface area contributed by atoms with Gasteiger partial charge in [-0.15, -0.1) is 10.2 Å². The Kier molecular flexibility index (Phi) is 6.74. The molecule has 31 heavy (non-hydrogen) atoms. The van der Waals surface area contributed by atoms with Crippen LogP contribution in [0.2, 0.25) is 0 Å². The van der Waals surface area contributed by atoms with Gasteiger partial charge in [0.15, 0.2) is 5.16 Å². The summed E-state index contributed by atoms with van der Waals surface area (Å²) in [5.41, 5.74) is 4.34. The van der Waals surface area contributed by atoms with Crippen LogP contribution in [0.15, 0.2) is 84.3 Å². The summed E-state index contributed by atoms with van der Waals surface area (Å²) in [4.78, 5) is 16.5. The Bertz CT molecular complexity index is 1130. The number of rotatable bonds is 8. The molecule has 6 nitrogen and oxygen atoms in total. The molecule has 0 unspecified atom stereocenters. The first kappa shape index (κ1) is 20.8. The summed E-state index contributed by atoms with van der Waals surface area (Å²) in [6.45, 7) is 2.61. The molecule has 2 heterocycles. The molecule has 2 aromatic carbocycles. The average molecular weight is 430 g/mol. The van der Waals surface area contributed by atoms with Crippen LogP contribution in [-0.4, -0.2) is 31.4 Å². The van der Waals surface area contributed by atoms with Crippen molar-refractivity contribution >= 4 is 23.4 Å². The Balaban J connectivity index is 1.32. The van der Waals surface area contributed by atoms with Crippen molar-refractivity contribution in [1.29, 1.82) is 0 Å².